The van der Waals surface area contributed by atoms with Crippen LogP contribution in [-0.2, 0) is 16.4 Å². The Morgan fingerprint density at radius 2 is 2.14 bits per heavy atom. The van der Waals surface area contributed by atoms with E-state index < -0.39 is 16.0 Å². The van der Waals surface area contributed by atoms with Crippen molar-refractivity contribution in [2.45, 2.75) is 17.9 Å². The van der Waals surface area contributed by atoms with Gasteiger partial charge in [-0.05, 0) is 18.6 Å². The minimum atomic E-state index is -3.73. The Hall–Kier alpha value is -2.26. The number of aromatic amines is 1. The number of carbonyl (C=O) groups is 1. The highest BCUT2D eigenvalue weighted by Crippen LogP contribution is 2.07. The molecule has 112 valence electrons. The van der Waals surface area contributed by atoms with Crippen LogP contribution < -0.4 is 4.72 Å². The van der Waals surface area contributed by atoms with Crippen molar-refractivity contribution < 1.29 is 18.3 Å². The predicted octanol–water partition coefficient (Wildman–Crippen LogP) is 0.414. The van der Waals surface area contributed by atoms with E-state index in [0.717, 1.165) is 18.1 Å². The third kappa shape index (κ3) is 4.10. The van der Waals surface area contributed by atoms with Gasteiger partial charge in [0.2, 0.25) is 0 Å². The van der Waals surface area contributed by atoms with Crippen molar-refractivity contribution in [2.75, 3.05) is 6.54 Å². The van der Waals surface area contributed by atoms with Crippen molar-refractivity contribution in [2.24, 2.45) is 0 Å². The molecule has 0 saturated heterocycles. The molecule has 0 aliphatic carbocycles. The summed E-state index contributed by atoms with van der Waals surface area (Å²) in [7, 11) is -3.73. The molecule has 2 heterocycles. The summed E-state index contributed by atoms with van der Waals surface area (Å²) in [6.07, 6.45) is 5.56. The van der Waals surface area contributed by atoms with E-state index in [4.69, 9.17) is 5.11 Å². The lowest BCUT2D eigenvalue weighted by Crippen LogP contribution is -2.26. The number of aryl methyl sites for hydroxylation is 1. The third-order valence-corrected chi connectivity index (χ3v) is 4.07. The summed E-state index contributed by atoms with van der Waals surface area (Å²) in [4.78, 5) is 21.3. The fraction of sp³-hybridized carbons (Fsp3) is 0.250. The Morgan fingerprint density at radius 3 is 2.71 bits per heavy atom. The van der Waals surface area contributed by atoms with Crippen molar-refractivity contribution in [3.63, 3.8) is 0 Å². The number of pyridine rings is 1. The fourth-order valence-corrected chi connectivity index (χ4v) is 2.64. The fourth-order valence-electron chi connectivity index (χ4n) is 1.64. The van der Waals surface area contributed by atoms with Gasteiger partial charge in [0, 0.05) is 31.6 Å². The molecule has 9 heteroatoms. The second-order valence-electron chi connectivity index (χ2n) is 4.23. The molecular formula is C12H14N4O4S. The molecule has 2 rings (SSSR count). The van der Waals surface area contributed by atoms with Crippen LogP contribution in [0.15, 0.2) is 35.7 Å². The van der Waals surface area contributed by atoms with Gasteiger partial charge in [-0.3, -0.25) is 0 Å². The van der Waals surface area contributed by atoms with Gasteiger partial charge in [-0.15, -0.1) is 0 Å². The first kappa shape index (κ1) is 15.1. The molecule has 0 aromatic carbocycles. The van der Waals surface area contributed by atoms with Crippen LogP contribution in [-0.4, -0.2) is 41.0 Å². The molecule has 2 aromatic heterocycles. The van der Waals surface area contributed by atoms with E-state index >= 15 is 0 Å². The molecule has 0 saturated carbocycles. The number of nitrogens with zero attached hydrogens (tertiary/aromatic N) is 2. The molecule has 0 atom stereocenters. The van der Waals surface area contributed by atoms with Crippen molar-refractivity contribution >= 4 is 16.0 Å². The average molecular weight is 310 g/mol. The molecule has 2 aromatic rings. The van der Waals surface area contributed by atoms with Crippen LogP contribution in [0, 0.1) is 0 Å². The highest BCUT2D eigenvalue weighted by atomic mass is 32.2. The molecule has 0 aliphatic heterocycles. The lowest BCUT2D eigenvalue weighted by atomic mass is 10.3. The maximum Gasteiger partial charge on any atom is 0.337 e. The first-order valence-corrected chi connectivity index (χ1v) is 7.64. The Labute approximate surface area is 121 Å². The van der Waals surface area contributed by atoms with Crippen LogP contribution in [0.3, 0.4) is 0 Å². The number of aromatic carboxylic acids is 1. The van der Waals surface area contributed by atoms with Crippen LogP contribution in [0.4, 0.5) is 0 Å². The standard InChI is InChI=1S/C12H14N4O4S/c17-12(18)9-3-4-11(15-8-9)21(19,20)16-5-1-2-10-13-6-7-14-10/h3-4,6-8,16H,1-2,5H2,(H,13,14)(H,17,18). The molecule has 0 amide bonds. The van der Waals surface area contributed by atoms with Crippen molar-refractivity contribution in [3.05, 3.63) is 42.1 Å². The van der Waals surface area contributed by atoms with Crippen LogP contribution in [0.2, 0.25) is 0 Å². The van der Waals surface area contributed by atoms with Crippen LogP contribution in [0.25, 0.3) is 0 Å². The summed E-state index contributed by atoms with van der Waals surface area (Å²) in [5.41, 5.74) is -0.0632. The number of hydrogen-bond donors (Lipinski definition) is 3. The van der Waals surface area contributed by atoms with Crippen LogP contribution >= 0.6 is 0 Å². The van der Waals surface area contributed by atoms with Gasteiger partial charge >= 0.3 is 5.97 Å². The quantitative estimate of drug-likeness (QED) is 0.636. The maximum atomic E-state index is 11.9. The maximum absolute atomic E-state index is 11.9. The number of carboxylic acids is 1. The van der Waals surface area contributed by atoms with E-state index in [0.29, 0.717) is 12.8 Å². The predicted molar refractivity (Wildman–Crippen MR) is 73.3 cm³/mol. The molecule has 0 bridgehead atoms. The Kier molecular flexibility index (Phi) is 4.66. The molecule has 0 fully saturated rings. The summed E-state index contributed by atoms with van der Waals surface area (Å²) in [6, 6.07) is 2.37. The van der Waals surface area contributed by atoms with Gasteiger partial charge in [-0.25, -0.2) is 27.9 Å². The summed E-state index contributed by atoms with van der Waals surface area (Å²) in [5.74, 6) is -0.365. The van der Waals surface area contributed by atoms with Gasteiger partial charge in [-0.1, -0.05) is 0 Å². The molecular weight excluding hydrogens is 296 g/mol. The minimum Gasteiger partial charge on any atom is -0.478 e. The van der Waals surface area contributed by atoms with Crippen molar-refractivity contribution in [1.82, 2.24) is 19.7 Å². The van der Waals surface area contributed by atoms with E-state index in [1.54, 1.807) is 12.4 Å². The van der Waals surface area contributed by atoms with Crippen LogP contribution in [0.5, 0.6) is 0 Å². The Morgan fingerprint density at radius 1 is 1.33 bits per heavy atom. The number of carboxylic acid groups (broad SMARTS) is 1. The third-order valence-electron chi connectivity index (χ3n) is 2.70. The number of imidazole rings is 1. The van der Waals surface area contributed by atoms with Gasteiger partial charge in [0.15, 0.2) is 5.03 Å². The summed E-state index contributed by atoms with van der Waals surface area (Å²) in [5, 5.41) is 8.53. The highest BCUT2D eigenvalue weighted by Gasteiger charge is 2.15. The summed E-state index contributed by atoms with van der Waals surface area (Å²) < 4.78 is 26.3. The van der Waals surface area contributed by atoms with E-state index in [2.05, 4.69) is 19.7 Å². The second-order valence-corrected chi connectivity index (χ2v) is 5.94. The summed E-state index contributed by atoms with van der Waals surface area (Å²) >= 11 is 0. The monoisotopic (exact) mass is 310 g/mol. The van der Waals surface area contributed by atoms with Crippen LogP contribution in [0.1, 0.15) is 22.6 Å². The molecule has 0 unspecified atom stereocenters. The van der Waals surface area contributed by atoms with E-state index in [1.165, 1.54) is 6.07 Å². The van der Waals surface area contributed by atoms with Crippen molar-refractivity contribution in [1.29, 1.82) is 0 Å². The highest BCUT2D eigenvalue weighted by molar-refractivity contribution is 7.89. The Bertz CT molecular complexity index is 695. The molecule has 0 spiro atoms. The normalized spacial score (nSPS) is 11.4. The molecule has 8 nitrogen and oxygen atoms in total. The average Bonchev–Trinajstić information content (AvgIpc) is 2.97. The zero-order chi connectivity index (χ0) is 15.3. The molecule has 0 aliphatic rings. The lowest BCUT2D eigenvalue weighted by molar-refractivity contribution is 0.0696. The number of hydrogen-bond acceptors (Lipinski definition) is 5. The number of aromatic nitrogens is 3. The minimum absolute atomic E-state index is 0.0632. The SMILES string of the molecule is O=C(O)c1ccc(S(=O)(=O)NCCCc2ncc[nH]2)nc1. The largest absolute Gasteiger partial charge is 0.478 e. The number of rotatable bonds is 7. The zero-order valence-electron chi connectivity index (χ0n) is 11.0. The lowest BCUT2D eigenvalue weighted by Gasteiger charge is -2.05. The number of sulfonamides is 1. The first-order valence-electron chi connectivity index (χ1n) is 6.16. The van der Waals surface area contributed by atoms with E-state index in [9.17, 15) is 13.2 Å². The molecule has 3 N–H and O–H groups in total. The van der Waals surface area contributed by atoms with Gasteiger partial charge < -0.3 is 10.1 Å². The van der Waals surface area contributed by atoms with E-state index in [1.807, 2.05) is 0 Å². The smallest absolute Gasteiger partial charge is 0.337 e. The second kappa shape index (κ2) is 6.46. The first-order chi connectivity index (χ1) is 9.99. The van der Waals surface area contributed by atoms with Gasteiger partial charge in [0.05, 0.1) is 5.56 Å². The summed E-state index contributed by atoms with van der Waals surface area (Å²) in [6.45, 7) is 0.241. The zero-order valence-corrected chi connectivity index (χ0v) is 11.8. The van der Waals surface area contributed by atoms with Gasteiger partial charge in [0.25, 0.3) is 10.0 Å². The topological polar surface area (TPSA) is 125 Å². The van der Waals surface area contributed by atoms with Crippen molar-refractivity contribution in [3.8, 4) is 0 Å². The molecule has 0 radical (unpaired) electrons. The van der Waals surface area contributed by atoms with Gasteiger partial charge in [0.1, 0.15) is 5.82 Å². The Balaban J connectivity index is 1.90. The number of nitrogens with one attached hydrogen (secondary N) is 2. The van der Waals surface area contributed by atoms with Gasteiger partial charge in [-0.2, -0.15) is 0 Å². The van der Waals surface area contributed by atoms with E-state index in [-0.39, 0.29) is 17.1 Å². The number of H-pyrrole nitrogens is 1. The molecule has 21 heavy (non-hydrogen) atoms.